The molecule has 2 aromatic heterocycles. The van der Waals surface area contributed by atoms with Crippen molar-refractivity contribution >= 4 is 69.4 Å². The van der Waals surface area contributed by atoms with Crippen LogP contribution >= 0.6 is 11.6 Å². The zero-order valence-corrected chi connectivity index (χ0v) is 36.2. The number of Topliss-reactive ketones (excluding diaryl/α,β-unsaturated/α-hetero) is 1. The number of piperidine rings is 3. The van der Waals surface area contributed by atoms with Crippen molar-refractivity contribution in [3.63, 3.8) is 0 Å². The molecule has 9 rings (SSSR count). The molecule has 0 spiro atoms. The van der Waals surface area contributed by atoms with E-state index < -0.39 is 29.7 Å². The van der Waals surface area contributed by atoms with Crippen LogP contribution in [0, 0.1) is 0 Å². The number of benzene rings is 2. The van der Waals surface area contributed by atoms with Gasteiger partial charge in [0.25, 0.3) is 17.4 Å². The fourth-order valence-electron chi connectivity index (χ4n) is 9.60. The molecule has 4 aromatic rings. The zero-order valence-electron chi connectivity index (χ0n) is 35.4. The summed E-state index contributed by atoms with van der Waals surface area (Å²) in [7, 11) is 0. The second-order valence-electron chi connectivity index (χ2n) is 17.1. The summed E-state index contributed by atoms with van der Waals surface area (Å²) in [5, 5.41) is 6.72. The summed E-state index contributed by atoms with van der Waals surface area (Å²) in [5.74, 6) is -0.574. The lowest BCUT2D eigenvalue weighted by molar-refractivity contribution is -0.136. The molecular formula is C46H51ClN8O8. The van der Waals surface area contributed by atoms with Crippen molar-refractivity contribution in [3.8, 4) is 5.75 Å². The Kier molecular flexibility index (Phi) is 12.0. The highest BCUT2D eigenvalue weighted by molar-refractivity contribution is 6.33. The van der Waals surface area contributed by atoms with E-state index in [0.717, 1.165) is 91.8 Å². The number of hydrogen-bond acceptors (Lipinski definition) is 13. The Balaban J connectivity index is 0.740. The van der Waals surface area contributed by atoms with Crippen LogP contribution in [-0.4, -0.2) is 111 Å². The number of imide groups is 2. The minimum atomic E-state index is -0.968. The SMILES string of the molecule is CCC(=O)COc1cc2cc(Nc3nc(N4CCC(OC5CC(N6CCC(c7ccc8c(c7)C(=O)N(C7CCC(=O)NC7=O)C8=O)CC6)C5)CC4)ncc3Cl)ccc2n(CC)c1=O. The van der Waals surface area contributed by atoms with Crippen molar-refractivity contribution in [3.05, 3.63) is 80.7 Å². The first kappa shape index (κ1) is 42.6. The number of aromatic nitrogens is 3. The van der Waals surface area contributed by atoms with E-state index in [1.807, 2.05) is 37.3 Å². The van der Waals surface area contributed by atoms with Crippen molar-refractivity contribution in [2.75, 3.05) is 43.0 Å². The fourth-order valence-corrected chi connectivity index (χ4v) is 9.74. The topological polar surface area (TPSA) is 185 Å². The number of aryl methyl sites for hydroxylation is 1. The molecule has 2 N–H and O–H groups in total. The van der Waals surface area contributed by atoms with Crippen LogP contribution in [0.15, 0.2) is 53.5 Å². The third kappa shape index (κ3) is 8.55. The van der Waals surface area contributed by atoms with Crippen LogP contribution in [-0.2, 0) is 25.7 Å². The maximum Gasteiger partial charge on any atom is 0.293 e. The first-order valence-electron chi connectivity index (χ1n) is 22.1. The lowest BCUT2D eigenvalue weighted by Crippen LogP contribution is -2.54. The van der Waals surface area contributed by atoms with Crippen molar-refractivity contribution in [2.24, 2.45) is 0 Å². The molecule has 330 valence electrons. The van der Waals surface area contributed by atoms with Gasteiger partial charge in [0.15, 0.2) is 17.4 Å². The van der Waals surface area contributed by atoms with E-state index in [1.165, 1.54) is 0 Å². The van der Waals surface area contributed by atoms with E-state index in [2.05, 4.69) is 25.4 Å². The van der Waals surface area contributed by atoms with Gasteiger partial charge >= 0.3 is 0 Å². The van der Waals surface area contributed by atoms with E-state index in [1.54, 1.807) is 29.8 Å². The summed E-state index contributed by atoms with van der Waals surface area (Å²) < 4.78 is 13.8. The van der Waals surface area contributed by atoms with Gasteiger partial charge in [-0.05, 0) is 113 Å². The van der Waals surface area contributed by atoms with Gasteiger partial charge in [0.05, 0.1) is 35.0 Å². The van der Waals surface area contributed by atoms with E-state index in [-0.39, 0.29) is 54.7 Å². The van der Waals surface area contributed by atoms with Gasteiger partial charge in [-0.15, -0.1) is 0 Å². The van der Waals surface area contributed by atoms with Gasteiger partial charge in [0, 0.05) is 49.6 Å². The number of nitrogens with zero attached hydrogens (tertiary/aromatic N) is 6. The number of carbonyl (C=O) groups excluding carboxylic acids is 5. The van der Waals surface area contributed by atoms with Gasteiger partial charge in [-0.25, -0.2) is 4.98 Å². The van der Waals surface area contributed by atoms with Crippen LogP contribution < -0.4 is 25.8 Å². The number of carbonyl (C=O) groups is 5. The van der Waals surface area contributed by atoms with E-state index >= 15 is 0 Å². The second kappa shape index (κ2) is 17.8. The van der Waals surface area contributed by atoms with Crippen LogP contribution in [0.4, 0.5) is 17.5 Å². The number of halogens is 1. The quantitative estimate of drug-likeness (QED) is 0.164. The molecule has 4 amide bonds. The number of ketones is 1. The number of rotatable bonds is 13. The first-order chi connectivity index (χ1) is 30.5. The Hall–Kier alpha value is -5.71. The molecule has 5 aliphatic rings. The molecule has 63 heavy (non-hydrogen) atoms. The predicted molar refractivity (Wildman–Crippen MR) is 235 cm³/mol. The fraction of sp³-hybridized carbons (Fsp3) is 0.478. The Bertz CT molecular complexity index is 2540. The lowest BCUT2D eigenvalue weighted by atomic mass is 9.83. The van der Waals surface area contributed by atoms with E-state index in [9.17, 15) is 28.8 Å². The summed E-state index contributed by atoms with van der Waals surface area (Å²) in [5.41, 5.74) is 2.88. The summed E-state index contributed by atoms with van der Waals surface area (Å²) >= 11 is 6.58. The molecule has 16 nitrogen and oxygen atoms in total. The first-order valence-corrected chi connectivity index (χ1v) is 22.5. The van der Waals surface area contributed by atoms with Crippen molar-refractivity contribution in [1.82, 2.24) is 29.7 Å². The Morgan fingerprint density at radius 3 is 2.38 bits per heavy atom. The number of fused-ring (bicyclic) bond motifs is 2. The summed E-state index contributed by atoms with van der Waals surface area (Å²) in [6.45, 7) is 7.34. The lowest BCUT2D eigenvalue weighted by Gasteiger charge is -2.47. The molecule has 2 aromatic carbocycles. The molecule has 1 atom stereocenters. The number of likely N-dealkylation sites (tertiary alicyclic amines) is 1. The summed E-state index contributed by atoms with van der Waals surface area (Å²) in [6.07, 6.45) is 8.19. The summed E-state index contributed by atoms with van der Waals surface area (Å²) in [4.78, 5) is 90.7. The van der Waals surface area contributed by atoms with E-state index in [4.69, 9.17) is 26.1 Å². The van der Waals surface area contributed by atoms with Crippen molar-refractivity contribution in [2.45, 2.75) is 108 Å². The monoisotopic (exact) mass is 878 g/mol. The number of anilines is 3. The molecule has 0 bridgehead atoms. The second-order valence-corrected chi connectivity index (χ2v) is 17.5. The molecule has 0 radical (unpaired) electrons. The number of amides is 4. The maximum atomic E-state index is 13.4. The standard InChI is InChI=1S/C46H51ClN8O8/c1-3-31(56)25-62-39-21-28-19-29(6-8-37(28)54(4-2)45(39)61)49-41-36(47)24-48-46(51-41)53-17-13-32(14-18-53)63-33-22-30(23-33)52-15-11-26(12-16-52)27-5-7-34-35(20-27)44(60)55(43(34)59)38-9-10-40(57)50-42(38)58/h5-8,19-21,24,26,30,32-33,38H,3-4,9-18,22-23,25H2,1-2H3,(H,48,49,51)(H,50,57,58). The van der Waals surface area contributed by atoms with Crippen molar-refractivity contribution < 1.29 is 33.4 Å². The smallest absolute Gasteiger partial charge is 0.293 e. The highest BCUT2D eigenvalue weighted by atomic mass is 35.5. The maximum absolute atomic E-state index is 13.4. The van der Waals surface area contributed by atoms with Gasteiger partial charge in [-0.2, -0.15) is 4.98 Å². The molecule has 6 heterocycles. The van der Waals surface area contributed by atoms with Crippen LogP contribution in [0.3, 0.4) is 0 Å². The zero-order chi connectivity index (χ0) is 43.9. The molecule has 1 saturated carbocycles. The molecule has 3 saturated heterocycles. The molecular weight excluding hydrogens is 828 g/mol. The average Bonchev–Trinajstić information content (AvgIpc) is 3.52. The number of hydrogen-bond donors (Lipinski definition) is 2. The average molecular weight is 879 g/mol. The van der Waals surface area contributed by atoms with Crippen LogP contribution in [0.5, 0.6) is 5.75 Å². The minimum Gasteiger partial charge on any atom is -0.480 e. The van der Waals surface area contributed by atoms with Gasteiger partial charge in [-0.3, -0.25) is 39.0 Å². The van der Waals surface area contributed by atoms with Crippen LogP contribution in [0.1, 0.15) is 104 Å². The Labute approximate surface area is 369 Å². The Morgan fingerprint density at radius 1 is 0.889 bits per heavy atom. The molecule has 1 aliphatic carbocycles. The van der Waals surface area contributed by atoms with Gasteiger partial charge in [0.1, 0.15) is 17.7 Å². The Morgan fingerprint density at radius 2 is 1.65 bits per heavy atom. The number of ether oxygens (including phenoxy) is 2. The third-order valence-electron chi connectivity index (χ3n) is 13.3. The van der Waals surface area contributed by atoms with Gasteiger partial charge in [-0.1, -0.05) is 24.6 Å². The molecule has 4 aliphatic heterocycles. The normalized spacial score (nSPS) is 22.3. The summed E-state index contributed by atoms with van der Waals surface area (Å²) in [6, 6.07) is 12.3. The highest BCUT2D eigenvalue weighted by Crippen LogP contribution is 2.38. The third-order valence-corrected chi connectivity index (χ3v) is 13.6. The van der Waals surface area contributed by atoms with Crippen molar-refractivity contribution in [1.29, 1.82) is 0 Å². The minimum absolute atomic E-state index is 0.0852. The van der Waals surface area contributed by atoms with Gasteiger partial charge in [0.2, 0.25) is 17.8 Å². The van der Waals surface area contributed by atoms with Gasteiger partial charge < -0.3 is 29.2 Å². The van der Waals surface area contributed by atoms with Crippen LogP contribution in [0.2, 0.25) is 5.02 Å². The number of pyridine rings is 1. The largest absolute Gasteiger partial charge is 0.480 e. The highest BCUT2D eigenvalue weighted by Gasteiger charge is 2.45. The van der Waals surface area contributed by atoms with Crippen LogP contribution in [0.25, 0.3) is 10.9 Å². The number of nitrogens with one attached hydrogen (secondary N) is 2. The van der Waals surface area contributed by atoms with E-state index in [0.29, 0.717) is 46.9 Å². The molecule has 4 fully saturated rings. The molecule has 1 unspecified atom stereocenters. The predicted octanol–water partition coefficient (Wildman–Crippen LogP) is 5.36. The molecule has 17 heteroatoms.